The maximum absolute atomic E-state index is 12.2. The zero-order chi connectivity index (χ0) is 16.5. The SMILES string of the molecule is CCOC[C@@H](O)CN1CCN(C(=O)COc2ccccc2)CC1. The Hall–Kier alpha value is -1.63. The minimum absolute atomic E-state index is 0.00312. The highest BCUT2D eigenvalue weighted by Crippen LogP contribution is 2.09. The van der Waals surface area contributed by atoms with Crippen molar-refractivity contribution < 1.29 is 19.4 Å². The molecule has 0 spiro atoms. The summed E-state index contributed by atoms with van der Waals surface area (Å²) in [6, 6.07) is 9.35. The van der Waals surface area contributed by atoms with Crippen LogP contribution in [-0.4, -0.2) is 79.5 Å². The van der Waals surface area contributed by atoms with Crippen LogP contribution in [0.2, 0.25) is 0 Å². The lowest BCUT2D eigenvalue weighted by Gasteiger charge is -2.35. The fraction of sp³-hybridized carbons (Fsp3) is 0.588. The molecule has 1 fully saturated rings. The summed E-state index contributed by atoms with van der Waals surface area (Å²) in [5.74, 6) is 0.710. The summed E-state index contributed by atoms with van der Waals surface area (Å²) < 4.78 is 10.7. The molecule has 0 bridgehead atoms. The highest BCUT2D eigenvalue weighted by atomic mass is 16.5. The third-order valence-electron chi connectivity index (χ3n) is 3.81. The molecule has 0 aliphatic carbocycles. The van der Waals surface area contributed by atoms with Crippen LogP contribution in [0.5, 0.6) is 5.75 Å². The summed E-state index contributed by atoms with van der Waals surface area (Å²) in [6.07, 6.45) is -0.474. The van der Waals surface area contributed by atoms with E-state index >= 15 is 0 Å². The lowest BCUT2D eigenvalue weighted by atomic mass is 10.2. The van der Waals surface area contributed by atoms with Gasteiger partial charge in [-0.25, -0.2) is 0 Å². The van der Waals surface area contributed by atoms with Gasteiger partial charge in [-0.3, -0.25) is 9.69 Å². The van der Waals surface area contributed by atoms with Gasteiger partial charge in [0.05, 0.1) is 12.7 Å². The normalized spacial score (nSPS) is 17.0. The van der Waals surface area contributed by atoms with Gasteiger partial charge in [0.1, 0.15) is 5.75 Å². The van der Waals surface area contributed by atoms with Crippen molar-refractivity contribution in [3.8, 4) is 5.75 Å². The Morgan fingerprint density at radius 2 is 1.91 bits per heavy atom. The van der Waals surface area contributed by atoms with Crippen LogP contribution in [0.1, 0.15) is 6.92 Å². The number of hydrogen-bond donors (Lipinski definition) is 1. The Labute approximate surface area is 137 Å². The lowest BCUT2D eigenvalue weighted by molar-refractivity contribution is -0.135. The van der Waals surface area contributed by atoms with Crippen molar-refractivity contribution >= 4 is 5.91 Å². The van der Waals surface area contributed by atoms with Gasteiger partial charge < -0.3 is 19.5 Å². The number of para-hydroxylation sites is 1. The molecule has 6 heteroatoms. The molecule has 0 saturated carbocycles. The van der Waals surface area contributed by atoms with Crippen LogP contribution in [-0.2, 0) is 9.53 Å². The van der Waals surface area contributed by atoms with E-state index in [2.05, 4.69) is 4.90 Å². The number of aliphatic hydroxyl groups is 1. The fourth-order valence-electron chi connectivity index (χ4n) is 2.54. The number of piperazine rings is 1. The van der Waals surface area contributed by atoms with Crippen LogP contribution >= 0.6 is 0 Å². The first kappa shape index (κ1) is 17.7. The third-order valence-corrected chi connectivity index (χ3v) is 3.81. The number of benzene rings is 1. The van der Waals surface area contributed by atoms with Crippen molar-refractivity contribution in [2.45, 2.75) is 13.0 Å². The minimum atomic E-state index is -0.474. The second-order valence-electron chi connectivity index (χ2n) is 5.60. The molecule has 1 heterocycles. The molecule has 128 valence electrons. The molecule has 0 aromatic heterocycles. The summed E-state index contributed by atoms with van der Waals surface area (Å²) in [5, 5.41) is 9.85. The van der Waals surface area contributed by atoms with E-state index in [0.29, 0.717) is 38.6 Å². The molecule has 1 aromatic carbocycles. The second-order valence-corrected chi connectivity index (χ2v) is 5.60. The molecular formula is C17H26N2O4. The van der Waals surface area contributed by atoms with Crippen LogP contribution in [0.3, 0.4) is 0 Å². The zero-order valence-electron chi connectivity index (χ0n) is 13.7. The van der Waals surface area contributed by atoms with Crippen molar-refractivity contribution in [1.82, 2.24) is 9.80 Å². The largest absolute Gasteiger partial charge is 0.484 e. The summed E-state index contributed by atoms with van der Waals surface area (Å²) in [5.41, 5.74) is 0. The maximum atomic E-state index is 12.2. The Kier molecular flexibility index (Phi) is 7.32. The first-order valence-corrected chi connectivity index (χ1v) is 8.13. The molecule has 1 aromatic rings. The van der Waals surface area contributed by atoms with Crippen LogP contribution in [0.4, 0.5) is 0 Å². The molecule has 2 rings (SSSR count). The van der Waals surface area contributed by atoms with Crippen LogP contribution in [0, 0.1) is 0 Å². The molecule has 1 aliphatic heterocycles. The molecule has 1 aliphatic rings. The van der Waals surface area contributed by atoms with Gasteiger partial charge in [-0.2, -0.15) is 0 Å². The van der Waals surface area contributed by atoms with E-state index in [1.807, 2.05) is 42.2 Å². The molecule has 23 heavy (non-hydrogen) atoms. The number of carbonyl (C=O) groups is 1. The van der Waals surface area contributed by atoms with Crippen molar-refractivity contribution in [1.29, 1.82) is 0 Å². The standard InChI is InChI=1S/C17H26N2O4/c1-2-22-13-15(20)12-18-8-10-19(11-9-18)17(21)14-23-16-6-4-3-5-7-16/h3-7,15,20H,2,8-14H2,1H3/t15-/m0/s1. The van der Waals surface area contributed by atoms with Gasteiger partial charge >= 0.3 is 0 Å². The summed E-state index contributed by atoms with van der Waals surface area (Å²) in [6.45, 7) is 6.40. The highest BCUT2D eigenvalue weighted by molar-refractivity contribution is 5.77. The first-order valence-electron chi connectivity index (χ1n) is 8.13. The minimum Gasteiger partial charge on any atom is -0.484 e. The van der Waals surface area contributed by atoms with Gasteiger partial charge in [0.15, 0.2) is 6.61 Å². The van der Waals surface area contributed by atoms with Crippen molar-refractivity contribution in [3.63, 3.8) is 0 Å². The Morgan fingerprint density at radius 3 is 2.57 bits per heavy atom. The van der Waals surface area contributed by atoms with E-state index in [-0.39, 0.29) is 12.5 Å². The van der Waals surface area contributed by atoms with E-state index in [0.717, 1.165) is 13.1 Å². The number of ether oxygens (including phenoxy) is 2. The summed E-state index contributed by atoms with van der Waals surface area (Å²) in [4.78, 5) is 16.1. The van der Waals surface area contributed by atoms with Crippen LogP contribution in [0.15, 0.2) is 30.3 Å². The fourth-order valence-corrected chi connectivity index (χ4v) is 2.54. The van der Waals surface area contributed by atoms with E-state index in [1.54, 1.807) is 0 Å². The monoisotopic (exact) mass is 322 g/mol. The maximum Gasteiger partial charge on any atom is 0.260 e. The number of nitrogens with zero attached hydrogens (tertiary/aromatic N) is 2. The van der Waals surface area contributed by atoms with E-state index < -0.39 is 6.10 Å². The van der Waals surface area contributed by atoms with Gasteiger partial charge in [-0.15, -0.1) is 0 Å². The Morgan fingerprint density at radius 1 is 1.22 bits per heavy atom. The predicted octanol–water partition coefficient (Wildman–Crippen LogP) is 0.607. The number of rotatable bonds is 8. The topological polar surface area (TPSA) is 62.2 Å². The van der Waals surface area contributed by atoms with Crippen LogP contribution < -0.4 is 4.74 Å². The highest BCUT2D eigenvalue weighted by Gasteiger charge is 2.22. The number of amides is 1. The summed E-state index contributed by atoms with van der Waals surface area (Å²) >= 11 is 0. The van der Waals surface area contributed by atoms with Crippen LogP contribution in [0.25, 0.3) is 0 Å². The molecule has 0 radical (unpaired) electrons. The van der Waals surface area contributed by atoms with E-state index in [9.17, 15) is 9.90 Å². The zero-order valence-corrected chi connectivity index (χ0v) is 13.7. The average molecular weight is 322 g/mol. The average Bonchev–Trinajstić information content (AvgIpc) is 2.59. The van der Waals surface area contributed by atoms with Crippen molar-refractivity contribution in [2.24, 2.45) is 0 Å². The number of β-amino-alcohol motifs (C(OH)–C–C–N with tert-alkyl or cyclic N) is 1. The molecule has 6 nitrogen and oxygen atoms in total. The van der Waals surface area contributed by atoms with Gasteiger partial charge in [0, 0.05) is 39.3 Å². The molecule has 0 unspecified atom stereocenters. The van der Waals surface area contributed by atoms with E-state index in [1.165, 1.54) is 0 Å². The van der Waals surface area contributed by atoms with Gasteiger partial charge in [-0.05, 0) is 19.1 Å². The number of carbonyl (C=O) groups excluding carboxylic acids is 1. The molecule has 1 amide bonds. The quantitative estimate of drug-likeness (QED) is 0.760. The Bertz CT molecular complexity index is 461. The second kappa shape index (κ2) is 9.50. The molecule has 1 N–H and O–H groups in total. The van der Waals surface area contributed by atoms with Crippen molar-refractivity contribution in [3.05, 3.63) is 30.3 Å². The van der Waals surface area contributed by atoms with E-state index in [4.69, 9.17) is 9.47 Å². The lowest BCUT2D eigenvalue weighted by Crippen LogP contribution is -2.51. The van der Waals surface area contributed by atoms with Gasteiger partial charge in [0.2, 0.25) is 0 Å². The first-order chi connectivity index (χ1) is 11.2. The van der Waals surface area contributed by atoms with Gasteiger partial charge in [-0.1, -0.05) is 18.2 Å². The molecule has 1 saturated heterocycles. The number of hydrogen-bond acceptors (Lipinski definition) is 5. The number of aliphatic hydroxyl groups excluding tert-OH is 1. The molecular weight excluding hydrogens is 296 g/mol. The predicted molar refractivity (Wildman–Crippen MR) is 87.5 cm³/mol. The Balaban J connectivity index is 1.66. The smallest absolute Gasteiger partial charge is 0.260 e. The third kappa shape index (κ3) is 6.17. The molecule has 1 atom stereocenters. The van der Waals surface area contributed by atoms with Gasteiger partial charge in [0.25, 0.3) is 5.91 Å². The van der Waals surface area contributed by atoms with Crippen molar-refractivity contribution in [2.75, 3.05) is 52.5 Å². The summed E-state index contributed by atoms with van der Waals surface area (Å²) in [7, 11) is 0.